The van der Waals surface area contributed by atoms with E-state index in [1.165, 1.54) is 7.11 Å². The average molecular weight is 353 g/mol. The van der Waals surface area contributed by atoms with Crippen molar-refractivity contribution in [3.05, 3.63) is 0 Å². The zero-order valence-corrected chi connectivity index (χ0v) is 15.2. The molecule has 2 saturated heterocycles. The summed E-state index contributed by atoms with van der Waals surface area (Å²) < 4.78 is 10.5. The number of ether oxygens (including phenoxy) is 2. The van der Waals surface area contributed by atoms with E-state index in [2.05, 4.69) is 4.90 Å². The topological polar surface area (TPSA) is 85.1 Å². The second kappa shape index (κ2) is 8.01. The van der Waals surface area contributed by atoms with Crippen molar-refractivity contribution in [1.29, 1.82) is 0 Å². The summed E-state index contributed by atoms with van der Waals surface area (Å²) in [5.41, 5.74) is 5.64. The van der Waals surface area contributed by atoms with Crippen LogP contribution < -0.4 is 5.73 Å². The molecule has 1 saturated carbocycles. The van der Waals surface area contributed by atoms with Crippen molar-refractivity contribution in [2.24, 2.45) is 11.7 Å². The Morgan fingerprint density at radius 2 is 1.80 bits per heavy atom. The highest BCUT2D eigenvalue weighted by Crippen LogP contribution is 2.30. The molecule has 1 amide bonds. The van der Waals surface area contributed by atoms with Crippen LogP contribution in [0.25, 0.3) is 0 Å². The molecule has 1 atom stereocenters. The second-order valence-corrected chi connectivity index (χ2v) is 7.67. The number of nitrogens with two attached hydrogens (primary N) is 1. The van der Waals surface area contributed by atoms with Gasteiger partial charge in [0.2, 0.25) is 5.91 Å². The molecule has 0 bridgehead atoms. The molecule has 0 radical (unpaired) electrons. The Bertz CT molecular complexity index is 487. The van der Waals surface area contributed by atoms with E-state index in [4.69, 9.17) is 15.2 Å². The van der Waals surface area contributed by atoms with Crippen molar-refractivity contribution < 1.29 is 19.1 Å². The Balaban J connectivity index is 1.73. The SMILES string of the molecule is COC(=O)C1CN(C(=O)C2(N)CCCC2)CCN(C2CCOCC2)C1. The number of amides is 1. The molecule has 1 aliphatic carbocycles. The van der Waals surface area contributed by atoms with Crippen LogP contribution in [0.1, 0.15) is 38.5 Å². The lowest BCUT2D eigenvalue weighted by Crippen LogP contribution is -2.55. The highest BCUT2D eigenvalue weighted by molar-refractivity contribution is 5.87. The molecule has 3 aliphatic rings. The maximum Gasteiger partial charge on any atom is 0.311 e. The number of methoxy groups -OCH3 is 1. The molecule has 2 aliphatic heterocycles. The summed E-state index contributed by atoms with van der Waals surface area (Å²) in [4.78, 5) is 29.5. The molecule has 0 spiro atoms. The second-order valence-electron chi connectivity index (χ2n) is 7.67. The van der Waals surface area contributed by atoms with Gasteiger partial charge < -0.3 is 20.1 Å². The van der Waals surface area contributed by atoms with Crippen LogP contribution in [0, 0.1) is 5.92 Å². The fraction of sp³-hybridized carbons (Fsp3) is 0.889. The van der Waals surface area contributed by atoms with Gasteiger partial charge >= 0.3 is 5.97 Å². The minimum Gasteiger partial charge on any atom is -0.469 e. The van der Waals surface area contributed by atoms with Crippen molar-refractivity contribution in [2.45, 2.75) is 50.1 Å². The minimum atomic E-state index is -0.742. The molecular weight excluding hydrogens is 322 g/mol. The van der Waals surface area contributed by atoms with Gasteiger partial charge in [0.15, 0.2) is 0 Å². The maximum atomic E-state index is 13.0. The van der Waals surface area contributed by atoms with Crippen molar-refractivity contribution in [3.63, 3.8) is 0 Å². The fourth-order valence-electron chi connectivity index (χ4n) is 4.46. The average Bonchev–Trinajstić information content (AvgIpc) is 2.97. The number of carbonyl (C=O) groups excluding carboxylic acids is 2. The van der Waals surface area contributed by atoms with Crippen molar-refractivity contribution in [2.75, 3.05) is 46.5 Å². The van der Waals surface area contributed by atoms with E-state index in [9.17, 15) is 9.59 Å². The quantitative estimate of drug-likeness (QED) is 0.738. The van der Waals surface area contributed by atoms with Crippen LogP contribution in [0.3, 0.4) is 0 Å². The molecule has 0 aromatic rings. The van der Waals surface area contributed by atoms with Gasteiger partial charge in [0.1, 0.15) is 0 Å². The molecule has 2 N–H and O–H groups in total. The first-order valence-corrected chi connectivity index (χ1v) is 9.51. The molecule has 7 nitrogen and oxygen atoms in total. The van der Waals surface area contributed by atoms with Gasteiger partial charge in [0, 0.05) is 45.4 Å². The van der Waals surface area contributed by atoms with Crippen LogP contribution in [0.4, 0.5) is 0 Å². The lowest BCUT2D eigenvalue weighted by atomic mass is 9.96. The number of carbonyl (C=O) groups is 2. The van der Waals surface area contributed by atoms with Gasteiger partial charge in [-0.25, -0.2) is 0 Å². The van der Waals surface area contributed by atoms with Crippen LogP contribution >= 0.6 is 0 Å². The Labute approximate surface area is 149 Å². The zero-order chi connectivity index (χ0) is 17.9. The van der Waals surface area contributed by atoms with E-state index in [1.54, 1.807) is 0 Å². The first kappa shape index (κ1) is 18.6. The highest BCUT2D eigenvalue weighted by Gasteiger charge is 2.42. The van der Waals surface area contributed by atoms with Crippen LogP contribution in [-0.2, 0) is 19.1 Å². The first-order chi connectivity index (χ1) is 12.0. The summed E-state index contributed by atoms with van der Waals surface area (Å²) in [5.74, 6) is -0.550. The summed E-state index contributed by atoms with van der Waals surface area (Å²) in [7, 11) is 1.42. The summed E-state index contributed by atoms with van der Waals surface area (Å²) in [6.45, 7) is 3.97. The highest BCUT2D eigenvalue weighted by atomic mass is 16.5. The van der Waals surface area contributed by atoms with Gasteiger partial charge in [0.25, 0.3) is 0 Å². The Morgan fingerprint density at radius 1 is 1.12 bits per heavy atom. The third kappa shape index (κ3) is 4.15. The third-order valence-electron chi connectivity index (χ3n) is 6.00. The molecule has 25 heavy (non-hydrogen) atoms. The van der Waals surface area contributed by atoms with Crippen LogP contribution in [0.2, 0.25) is 0 Å². The molecule has 1 unspecified atom stereocenters. The molecule has 0 aromatic heterocycles. The smallest absolute Gasteiger partial charge is 0.311 e. The molecular formula is C18H31N3O4. The van der Waals surface area contributed by atoms with Crippen LogP contribution in [0.15, 0.2) is 0 Å². The minimum absolute atomic E-state index is 0.00716. The lowest BCUT2D eigenvalue weighted by molar-refractivity contribution is -0.147. The Hall–Kier alpha value is -1.18. The molecule has 7 heteroatoms. The standard InChI is InChI=1S/C18H31N3O4/c1-24-16(22)14-12-20(15-4-10-25-11-5-15)8-9-21(13-14)17(23)18(19)6-2-3-7-18/h14-15H,2-13,19H2,1H3. The van der Waals surface area contributed by atoms with Gasteiger partial charge in [-0.15, -0.1) is 0 Å². The first-order valence-electron chi connectivity index (χ1n) is 9.51. The summed E-state index contributed by atoms with van der Waals surface area (Å²) in [6, 6.07) is 0.411. The van der Waals surface area contributed by atoms with Crippen LogP contribution in [0.5, 0.6) is 0 Å². The predicted octanol–water partition coefficient (Wildman–Crippen LogP) is 0.370. The fourth-order valence-corrected chi connectivity index (χ4v) is 4.46. The van der Waals surface area contributed by atoms with Crippen LogP contribution in [-0.4, -0.2) is 79.8 Å². The van der Waals surface area contributed by atoms with E-state index in [-0.39, 0.29) is 17.8 Å². The molecule has 142 valence electrons. The number of nitrogens with zero attached hydrogens (tertiary/aromatic N) is 2. The van der Waals surface area contributed by atoms with Crippen molar-refractivity contribution >= 4 is 11.9 Å². The van der Waals surface area contributed by atoms with Gasteiger partial charge in [0.05, 0.1) is 18.6 Å². The predicted molar refractivity (Wildman–Crippen MR) is 92.9 cm³/mol. The molecule has 3 rings (SSSR count). The van der Waals surface area contributed by atoms with Crippen molar-refractivity contribution in [1.82, 2.24) is 9.80 Å². The summed E-state index contributed by atoms with van der Waals surface area (Å²) in [6.07, 6.45) is 5.45. The third-order valence-corrected chi connectivity index (χ3v) is 6.00. The monoisotopic (exact) mass is 353 g/mol. The molecule has 0 aromatic carbocycles. The van der Waals surface area contributed by atoms with Crippen molar-refractivity contribution in [3.8, 4) is 0 Å². The number of hydrogen-bond acceptors (Lipinski definition) is 6. The van der Waals surface area contributed by atoms with E-state index in [0.29, 0.717) is 25.7 Å². The van der Waals surface area contributed by atoms with Gasteiger partial charge in [-0.2, -0.15) is 0 Å². The molecule has 3 fully saturated rings. The normalized spacial score (nSPS) is 28.6. The number of hydrogen-bond donors (Lipinski definition) is 1. The molecule has 2 heterocycles. The number of esters is 1. The Morgan fingerprint density at radius 3 is 2.44 bits per heavy atom. The number of rotatable bonds is 3. The van der Waals surface area contributed by atoms with E-state index in [1.807, 2.05) is 4.90 Å². The maximum absolute atomic E-state index is 13.0. The van der Waals surface area contributed by atoms with E-state index < -0.39 is 5.54 Å². The van der Waals surface area contributed by atoms with Gasteiger partial charge in [-0.1, -0.05) is 12.8 Å². The summed E-state index contributed by atoms with van der Waals surface area (Å²) in [5, 5.41) is 0. The Kier molecular flexibility index (Phi) is 5.96. The summed E-state index contributed by atoms with van der Waals surface area (Å²) >= 11 is 0. The van der Waals surface area contributed by atoms with Gasteiger partial charge in [-0.3, -0.25) is 14.5 Å². The van der Waals surface area contributed by atoms with E-state index in [0.717, 1.165) is 58.3 Å². The lowest BCUT2D eigenvalue weighted by Gasteiger charge is -2.34. The van der Waals surface area contributed by atoms with Gasteiger partial charge in [-0.05, 0) is 25.7 Å². The zero-order valence-electron chi connectivity index (χ0n) is 15.2. The largest absolute Gasteiger partial charge is 0.469 e. The van der Waals surface area contributed by atoms with E-state index >= 15 is 0 Å².